The molecule has 1 aliphatic heterocycles. The van der Waals surface area contributed by atoms with E-state index in [1.54, 1.807) is 0 Å². The van der Waals surface area contributed by atoms with Gasteiger partial charge >= 0.3 is 6.18 Å². The first kappa shape index (κ1) is 20.5. The number of sulfonamides is 1. The van der Waals surface area contributed by atoms with E-state index >= 15 is 0 Å². The Kier molecular flexibility index (Phi) is 5.44. The number of hydrazine groups is 1. The fourth-order valence-electron chi connectivity index (χ4n) is 2.47. The fraction of sp³-hybridized carbons (Fsp3) is 0.188. The molecule has 0 aliphatic carbocycles. The number of anilines is 2. The van der Waals surface area contributed by atoms with Crippen LogP contribution in [0.25, 0.3) is 0 Å². The van der Waals surface area contributed by atoms with Crippen LogP contribution in [0.15, 0.2) is 47.9 Å². The number of aromatic nitrogens is 2. The highest BCUT2D eigenvalue weighted by Crippen LogP contribution is 2.38. The average Bonchev–Trinajstić information content (AvgIpc) is 2.67. The van der Waals surface area contributed by atoms with Gasteiger partial charge in [0.2, 0.25) is 0 Å². The van der Waals surface area contributed by atoms with Gasteiger partial charge < -0.3 is 4.74 Å². The quantitative estimate of drug-likeness (QED) is 0.738. The number of ketones is 1. The Bertz CT molecular complexity index is 1060. The molecule has 2 aromatic rings. The first-order chi connectivity index (χ1) is 13.6. The van der Waals surface area contributed by atoms with Gasteiger partial charge in [-0.25, -0.2) is 15.4 Å². The molecule has 2 N–H and O–H groups in total. The van der Waals surface area contributed by atoms with E-state index in [1.807, 2.05) is 0 Å². The Labute approximate surface area is 163 Å². The molecule has 0 bridgehead atoms. The second kappa shape index (κ2) is 7.67. The average molecular weight is 429 g/mol. The number of carbonyl (C=O) groups excluding carboxylic acids is 1. The maximum absolute atomic E-state index is 13.0. The molecule has 0 unspecified atom stereocenters. The van der Waals surface area contributed by atoms with Gasteiger partial charge in [-0.2, -0.15) is 21.6 Å². The minimum Gasteiger partial charge on any atom is -0.494 e. The van der Waals surface area contributed by atoms with E-state index < -0.39 is 32.6 Å². The zero-order valence-corrected chi connectivity index (χ0v) is 15.6. The molecule has 1 aliphatic rings. The number of nitrogens with zero attached hydrogens (tertiary/aromatic N) is 3. The lowest BCUT2D eigenvalue weighted by Gasteiger charge is -2.31. The molecule has 29 heavy (non-hydrogen) atoms. The third-order valence-corrected chi connectivity index (χ3v) is 5.09. The Morgan fingerprint density at radius 3 is 2.66 bits per heavy atom. The second-order valence-corrected chi connectivity index (χ2v) is 7.33. The van der Waals surface area contributed by atoms with Gasteiger partial charge in [-0.3, -0.25) is 14.5 Å². The van der Waals surface area contributed by atoms with Gasteiger partial charge in [-0.15, -0.1) is 0 Å². The number of nitrogens with one attached hydrogen (secondary N) is 2. The van der Waals surface area contributed by atoms with E-state index in [2.05, 4.69) is 20.1 Å². The zero-order chi connectivity index (χ0) is 21.2. The van der Waals surface area contributed by atoms with Crippen LogP contribution in [-0.4, -0.2) is 37.8 Å². The Morgan fingerprint density at radius 2 is 2.03 bits per heavy atom. The summed E-state index contributed by atoms with van der Waals surface area (Å²) in [5.41, 5.74) is 1.55. The van der Waals surface area contributed by atoms with Crippen molar-refractivity contribution in [1.29, 1.82) is 0 Å². The molecule has 3 rings (SSSR count). The van der Waals surface area contributed by atoms with Crippen LogP contribution >= 0.6 is 0 Å². The van der Waals surface area contributed by atoms with Crippen molar-refractivity contribution in [2.75, 3.05) is 23.4 Å². The molecule has 0 atom stereocenters. The van der Waals surface area contributed by atoms with Crippen molar-refractivity contribution in [2.24, 2.45) is 0 Å². The molecular weight excluding hydrogens is 415 g/mol. The third-order valence-electron chi connectivity index (χ3n) is 3.76. The van der Waals surface area contributed by atoms with Crippen LogP contribution in [0, 0.1) is 0 Å². The summed E-state index contributed by atoms with van der Waals surface area (Å²) in [4.78, 5) is 19.2. The van der Waals surface area contributed by atoms with Crippen molar-refractivity contribution in [1.82, 2.24) is 15.4 Å². The molecular formula is C16H14F3N5O4S. The summed E-state index contributed by atoms with van der Waals surface area (Å²) in [6.45, 7) is -0.267. The van der Waals surface area contributed by atoms with E-state index in [-0.39, 0.29) is 23.8 Å². The summed E-state index contributed by atoms with van der Waals surface area (Å²) < 4.78 is 71.8. The maximum Gasteiger partial charge on any atom is 0.416 e. The lowest BCUT2D eigenvalue weighted by atomic mass is 10.1. The van der Waals surface area contributed by atoms with Gasteiger partial charge in [0.05, 0.1) is 19.2 Å². The highest BCUT2D eigenvalue weighted by Gasteiger charge is 2.35. The van der Waals surface area contributed by atoms with Gasteiger partial charge in [0.1, 0.15) is 23.6 Å². The van der Waals surface area contributed by atoms with Crippen LogP contribution in [-0.2, 0) is 21.0 Å². The van der Waals surface area contributed by atoms with Gasteiger partial charge in [0.15, 0.2) is 10.8 Å². The molecule has 0 fully saturated rings. The number of rotatable bonds is 5. The van der Waals surface area contributed by atoms with Crippen molar-refractivity contribution >= 4 is 27.3 Å². The predicted octanol–water partition coefficient (Wildman–Crippen LogP) is 1.68. The molecule has 1 aromatic heterocycles. The van der Waals surface area contributed by atoms with E-state index in [0.29, 0.717) is 0 Å². The first-order valence-electron chi connectivity index (χ1n) is 7.94. The fourth-order valence-corrected chi connectivity index (χ4v) is 3.66. The molecule has 154 valence electrons. The second-order valence-electron chi connectivity index (χ2n) is 5.70. The highest BCUT2D eigenvalue weighted by atomic mass is 32.2. The monoisotopic (exact) mass is 429 g/mol. The number of benzene rings is 1. The SMILES string of the molecule is COc1cc(C(F)(F)F)ccc1N1NCC(=O)C=C1S(=O)(=O)Nc1ccncn1. The van der Waals surface area contributed by atoms with E-state index in [4.69, 9.17) is 4.74 Å². The van der Waals surface area contributed by atoms with E-state index in [1.165, 1.54) is 12.3 Å². The Morgan fingerprint density at radius 1 is 1.28 bits per heavy atom. The topological polar surface area (TPSA) is 114 Å². The van der Waals surface area contributed by atoms with Crippen molar-refractivity contribution in [2.45, 2.75) is 6.18 Å². The first-order valence-corrected chi connectivity index (χ1v) is 9.42. The summed E-state index contributed by atoms with van der Waals surface area (Å²) in [6, 6.07) is 3.84. The molecule has 2 heterocycles. The van der Waals surface area contributed by atoms with Gasteiger partial charge in [-0.1, -0.05) is 0 Å². The molecule has 1 aromatic carbocycles. The van der Waals surface area contributed by atoms with E-state index in [9.17, 15) is 26.4 Å². The van der Waals surface area contributed by atoms with Crippen molar-refractivity contribution in [3.63, 3.8) is 0 Å². The minimum atomic E-state index is -4.61. The number of hydrogen-bond donors (Lipinski definition) is 2. The van der Waals surface area contributed by atoms with Gasteiger partial charge in [-0.05, 0) is 24.3 Å². The normalized spacial score (nSPS) is 15.1. The minimum absolute atomic E-state index is 0.0349. The van der Waals surface area contributed by atoms with Crippen LogP contribution in [0.1, 0.15) is 5.56 Å². The molecule has 0 amide bonds. The maximum atomic E-state index is 13.0. The lowest BCUT2D eigenvalue weighted by Crippen LogP contribution is -2.47. The van der Waals surface area contributed by atoms with Gasteiger partial charge in [0.25, 0.3) is 10.0 Å². The molecule has 0 spiro atoms. The molecule has 0 radical (unpaired) electrons. The highest BCUT2D eigenvalue weighted by molar-refractivity contribution is 7.96. The Balaban J connectivity index is 2.04. The largest absolute Gasteiger partial charge is 0.494 e. The van der Waals surface area contributed by atoms with Crippen LogP contribution in [0.4, 0.5) is 24.7 Å². The number of alkyl halides is 3. The van der Waals surface area contributed by atoms with Crippen molar-refractivity contribution in [3.05, 3.63) is 53.5 Å². The number of halogens is 3. The standard InChI is InChI=1S/C16H14F3N5O4S/c1-28-13-6-10(16(17,18)19)2-3-12(13)24-15(7-11(25)8-22-24)29(26,27)23-14-4-5-20-9-21-14/h2-7,9,22H,8H2,1H3,(H,20,21,23). The smallest absolute Gasteiger partial charge is 0.416 e. The molecule has 9 nitrogen and oxygen atoms in total. The molecule has 0 saturated carbocycles. The number of methoxy groups -OCH3 is 1. The van der Waals surface area contributed by atoms with Crippen LogP contribution in [0.3, 0.4) is 0 Å². The molecule has 0 saturated heterocycles. The zero-order valence-electron chi connectivity index (χ0n) is 14.8. The van der Waals surface area contributed by atoms with E-state index in [0.717, 1.165) is 42.7 Å². The number of ether oxygens (including phenoxy) is 1. The summed E-state index contributed by atoms with van der Waals surface area (Å²) in [5, 5.41) is 0.426. The molecule has 13 heteroatoms. The summed E-state index contributed by atoms with van der Waals surface area (Å²) in [5.74, 6) is -0.849. The Hall–Kier alpha value is -3.19. The van der Waals surface area contributed by atoms with Crippen molar-refractivity contribution in [3.8, 4) is 5.75 Å². The summed E-state index contributed by atoms with van der Waals surface area (Å²) >= 11 is 0. The third kappa shape index (κ3) is 4.46. The van der Waals surface area contributed by atoms with Crippen LogP contribution in [0.5, 0.6) is 5.75 Å². The lowest BCUT2D eigenvalue weighted by molar-refractivity contribution is -0.137. The number of hydrogen-bond acceptors (Lipinski definition) is 8. The number of carbonyl (C=O) groups is 1. The van der Waals surface area contributed by atoms with Crippen molar-refractivity contribution < 1.29 is 31.1 Å². The summed E-state index contributed by atoms with van der Waals surface area (Å²) in [6.07, 6.45) is -1.33. The van der Waals surface area contributed by atoms with Crippen LogP contribution in [0.2, 0.25) is 0 Å². The van der Waals surface area contributed by atoms with Crippen LogP contribution < -0.4 is 19.9 Å². The summed E-state index contributed by atoms with van der Waals surface area (Å²) in [7, 11) is -3.20. The predicted molar refractivity (Wildman–Crippen MR) is 96.1 cm³/mol. The van der Waals surface area contributed by atoms with Gasteiger partial charge in [0, 0.05) is 12.3 Å².